The van der Waals surface area contributed by atoms with Gasteiger partial charge in [-0.15, -0.1) is 6.58 Å². The molecule has 0 aromatic rings. The fraction of sp³-hybridized carbons (Fsp3) is 0.833. The van der Waals surface area contributed by atoms with Crippen LogP contribution in [0.4, 0.5) is 0 Å². The van der Waals surface area contributed by atoms with Crippen molar-refractivity contribution in [2.45, 2.75) is 26.2 Å². The van der Waals surface area contributed by atoms with Crippen LogP contribution in [0.15, 0.2) is 12.7 Å². The van der Waals surface area contributed by atoms with Crippen molar-refractivity contribution in [1.82, 2.24) is 0 Å². The molecule has 0 aromatic heterocycles. The van der Waals surface area contributed by atoms with E-state index in [0.717, 1.165) is 19.3 Å². The number of aliphatic hydroxyl groups excluding tert-OH is 2. The lowest BCUT2D eigenvalue weighted by Crippen LogP contribution is -2.03. The van der Waals surface area contributed by atoms with Gasteiger partial charge < -0.3 is 19.7 Å². The van der Waals surface area contributed by atoms with Crippen LogP contribution >= 0.6 is 0 Å². The van der Waals surface area contributed by atoms with Gasteiger partial charge in [0.2, 0.25) is 0 Å². The fourth-order valence-electron chi connectivity index (χ4n) is 0.918. The predicted molar refractivity (Wildman–Crippen MR) is 65.5 cm³/mol. The standard InChI is InChI=1S/C9H20O4.C3H6/c10-4-8-12-6-2-1-3-7-13-9-5-11;1-3-2/h10-11H,1-9H2;3H,1H2,2H3. The molecule has 0 saturated carbocycles. The third kappa shape index (κ3) is 23.4. The number of unbranched alkanes of at least 4 members (excludes halogenated alkanes) is 2. The van der Waals surface area contributed by atoms with Crippen LogP contribution in [0.25, 0.3) is 0 Å². The Labute approximate surface area is 98.9 Å². The molecule has 0 atom stereocenters. The Hall–Kier alpha value is -0.420. The first-order valence-electron chi connectivity index (χ1n) is 5.77. The Morgan fingerprint density at radius 1 is 0.875 bits per heavy atom. The molecule has 0 amide bonds. The Morgan fingerprint density at radius 3 is 1.56 bits per heavy atom. The van der Waals surface area contributed by atoms with Crippen LogP contribution in [0.1, 0.15) is 26.2 Å². The van der Waals surface area contributed by atoms with Crippen molar-refractivity contribution < 1.29 is 19.7 Å². The minimum absolute atomic E-state index is 0.0968. The average molecular weight is 234 g/mol. The largest absolute Gasteiger partial charge is 0.394 e. The molecule has 0 saturated heterocycles. The van der Waals surface area contributed by atoms with Crippen molar-refractivity contribution in [2.24, 2.45) is 0 Å². The molecule has 0 aliphatic carbocycles. The van der Waals surface area contributed by atoms with Gasteiger partial charge in [0.05, 0.1) is 26.4 Å². The Morgan fingerprint density at radius 2 is 1.25 bits per heavy atom. The van der Waals surface area contributed by atoms with Gasteiger partial charge in [-0.1, -0.05) is 6.08 Å². The van der Waals surface area contributed by atoms with Gasteiger partial charge in [-0.05, 0) is 26.2 Å². The van der Waals surface area contributed by atoms with Crippen LogP contribution in [0.3, 0.4) is 0 Å². The van der Waals surface area contributed by atoms with E-state index in [-0.39, 0.29) is 13.2 Å². The van der Waals surface area contributed by atoms with Gasteiger partial charge in [-0.25, -0.2) is 0 Å². The topological polar surface area (TPSA) is 58.9 Å². The third-order valence-corrected chi connectivity index (χ3v) is 1.55. The van der Waals surface area contributed by atoms with Gasteiger partial charge in [0.15, 0.2) is 0 Å². The van der Waals surface area contributed by atoms with E-state index in [9.17, 15) is 0 Å². The molecule has 0 bridgehead atoms. The SMILES string of the molecule is C=CC.OCCOCCCCCOCCO. The Balaban J connectivity index is 0. The summed E-state index contributed by atoms with van der Waals surface area (Å²) >= 11 is 0. The number of hydrogen-bond acceptors (Lipinski definition) is 4. The summed E-state index contributed by atoms with van der Waals surface area (Å²) in [6.45, 7) is 7.72. The van der Waals surface area contributed by atoms with Gasteiger partial charge in [-0.3, -0.25) is 0 Å². The molecule has 0 radical (unpaired) electrons. The zero-order valence-corrected chi connectivity index (χ0v) is 10.4. The molecule has 0 spiro atoms. The highest BCUT2D eigenvalue weighted by atomic mass is 16.5. The number of aliphatic hydroxyl groups is 2. The van der Waals surface area contributed by atoms with Crippen LogP contribution < -0.4 is 0 Å². The van der Waals surface area contributed by atoms with Crippen molar-refractivity contribution in [3.63, 3.8) is 0 Å². The lowest BCUT2D eigenvalue weighted by atomic mass is 10.2. The van der Waals surface area contributed by atoms with Gasteiger partial charge in [0, 0.05) is 13.2 Å². The van der Waals surface area contributed by atoms with E-state index in [0.29, 0.717) is 26.4 Å². The maximum Gasteiger partial charge on any atom is 0.0697 e. The molecule has 0 heterocycles. The second-order valence-corrected chi connectivity index (χ2v) is 3.14. The van der Waals surface area contributed by atoms with Crippen LogP contribution in [0, 0.1) is 0 Å². The molecule has 0 aliphatic rings. The molecular formula is C12H26O4. The number of hydrogen-bond donors (Lipinski definition) is 2. The van der Waals surface area contributed by atoms with E-state index >= 15 is 0 Å². The summed E-state index contributed by atoms with van der Waals surface area (Å²) in [6.07, 6.45) is 4.82. The summed E-state index contributed by atoms with van der Waals surface area (Å²) in [5.74, 6) is 0. The normalized spacial score (nSPS) is 9.44. The van der Waals surface area contributed by atoms with Crippen molar-refractivity contribution in [2.75, 3.05) is 39.6 Å². The predicted octanol–water partition coefficient (Wildman–Crippen LogP) is 1.37. The average Bonchev–Trinajstić information content (AvgIpc) is 2.28. The zero-order chi connectivity index (χ0) is 12.5. The molecule has 0 fully saturated rings. The summed E-state index contributed by atoms with van der Waals surface area (Å²) in [4.78, 5) is 0. The van der Waals surface area contributed by atoms with Gasteiger partial charge in [0.1, 0.15) is 0 Å². The quantitative estimate of drug-likeness (QED) is 0.443. The van der Waals surface area contributed by atoms with Crippen LogP contribution in [-0.2, 0) is 9.47 Å². The Kier molecular flexibility index (Phi) is 22.5. The van der Waals surface area contributed by atoms with E-state index in [1.54, 1.807) is 6.08 Å². The lowest BCUT2D eigenvalue weighted by Gasteiger charge is -2.03. The van der Waals surface area contributed by atoms with Crippen molar-refractivity contribution in [3.05, 3.63) is 12.7 Å². The summed E-state index contributed by atoms with van der Waals surface area (Å²) in [6, 6.07) is 0. The molecule has 16 heavy (non-hydrogen) atoms. The molecule has 4 nitrogen and oxygen atoms in total. The highest BCUT2D eigenvalue weighted by Gasteiger charge is 1.90. The van der Waals surface area contributed by atoms with Crippen molar-refractivity contribution in [3.8, 4) is 0 Å². The zero-order valence-electron chi connectivity index (χ0n) is 10.4. The summed E-state index contributed by atoms with van der Waals surface area (Å²) in [7, 11) is 0. The van der Waals surface area contributed by atoms with Crippen LogP contribution in [0.2, 0.25) is 0 Å². The number of ether oxygens (including phenoxy) is 2. The second-order valence-electron chi connectivity index (χ2n) is 3.14. The molecular weight excluding hydrogens is 208 g/mol. The minimum Gasteiger partial charge on any atom is -0.394 e. The first kappa shape index (κ1) is 18.0. The van der Waals surface area contributed by atoms with Crippen molar-refractivity contribution in [1.29, 1.82) is 0 Å². The maximum atomic E-state index is 8.40. The fourth-order valence-corrected chi connectivity index (χ4v) is 0.918. The third-order valence-electron chi connectivity index (χ3n) is 1.55. The van der Waals surface area contributed by atoms with Gasteiger partial charge in [0.25, 0.3) is 0 Å². The Bertz CT molecular complexity index is 108. The first-order valence-corrected chi connectivity index (χ1v) is 5.77. The first-order chi connectivity index (χ1) is 7.83. The molecule has 98 valence electrons. The van der Waals surface area contributed by atoms with E-state index in [1.807, 2.05) is 6.92 Å². The summed E-state index contributed by atoms with van der Waals surface area (Å²) in [5.41, 5.74) is 0. The van der Waals surface area contributed by atoms with Gasteiger partial charge in [-0.2, -0.15) is 0 Å². The highest BCUT2D eigenvalue weighted by molar-refractivity contribution is 4.51. The number of allylic oxidation sites excluding steroid dienone is 1. The maximum absolute atomic E-state index is 8.40. The van der Waals surface area contributed by atoms with E-state index in [1.165, 1.54) is 0 Å². The molecule has 0 aromatic carbocycles. The summed E-state index contributed by atoms with van der Waals surface area (Å²) in [5, 5.41) is 16.8. The van der Waals surface area contributed by atoms with Crippen LogP contribution in [0.5, 0.6) is 0 Å². The van der Waals surface area contributed by atoms with E-state index in [2.05, 4.69) is 6.58 Å². The van der Waals surface area contributed by atoms with Crippen molar-refractivity contribution >= 4 is 0 Å². The molecule has 2 N–H and O–H groups in total. The molecule has 4 heteroatoms. The second kappa shape index (κ2) is 20.1. The number of rotatable bonds is 10. The van der Waals surface area contributed by atoms with Gasteiger partial charge >= 0.3 is 0 Å². The minimum atomic E-state index is 0.0968. The van der Waals surface area contributed by atoms with E-state index < -0.39 is 0 Å². The molecule has 0 rings (SSSR count). The highest BCUT2D eigenvalue weighted by Crippen LogP contribution is 1.96. The summed E-state index contributed by atoms with van der Waals surface area (Å²) < 4.78 is 10.2. The lowest BCUT2D eigenvalue weighted by molar-refractivity contribution is 0.0785. The van der Waals surface area contributed by atoms with Crippen LogP contribution in [-0.4, -0.2) is 49.9 Å². The molecule has 0 aliphatic heterocycles. The molecule has 0 unspecified atom stereocenters. The smallest absolute Gasteiger partial charge is 0.0697 e. The van der Waals surface area contributed by atoms with E-state index in [4.69, 9.17) is 19.7 Å². The monoisotopic (exact) mass is 234 g/mol.